The largest absolute Gasteiger partial charge is 0.496 e. The highest BCUT2D eigenvalue weighted by Gasteiger charge is 2.32. The highest BCUT2D eigenvalue weighted by atomic mass is 35.5. The topological polar surface area (TPSA) is 94.6 Å². The standard InChI is InChI=1S/C32H32Cl2N4O4/c1-5-28(39)36-24-14-19(18-9-7-6-8-10-18)11-12-22(24)37-32-35-17-20-13-21(25(40-2)15-23(20)38-32)29-30(33)26(41-3)16-27(42-4)31(29)34/h5-10,13,15-17,19,22,24H,1,11-12,14H2,2-4H3,(H,36,39)(H,35,37,38). The smallest absolute Gasteiger partial charge is 0.243 e. The zero-order chi connectivity index (χ0) is 29.8. The van der Waals surface area contributed by atoms with Crippen LogP contribution < -0.4 is 24.8 Å². The number of hydrogen-bond donors (Lipinski definition) is 2. The molecule has 1 aliphatic carbocycles. The van der Waals surface area contributed by atoms with Crippen molar-refractivity contribution >= 4 is 46.0 Å². The lowest BCUT2D eigenvalue weighted by molar-refractivity contribution is -0.117. The van der Waals surface area contributed by atoms with Gasteiger partial charge in [0.2, 0.25) is 11.9 Å². The Morgan fingerprint density at radius 2 is 1.64 bits per heavy atom. The van der Waals surface area contributed by atoms with E-state index in [1.807, 2.05) is 30.3 Å². The summed E-state index contributed by atoms with van der Waals surface area (Å²) in [5, 5.41) is 8.00. The van der Waals surface area contributed by atoms with Gasteiger partial charge >= 0.3 is 0 Å². The number of benzene rings is 3. The minimum atomic E-state index is -0.205. The maximum atomic E-state index is 12.3. The van der Waals surface area contributed by atoms with Gasteiger partial charge in [0.15, 0.2) is 0 Å². The molecule has 5 rings (SSSR count). The molecule has 8 nitrogen and oxygen atoms in total. The van der Waals surface area contributed by atoms with Gasteiger partial charge in [0.1, 0.15) is 17.2 Å². The molecule has 1 heterocycles. The number of hydrogen-bond acceptors (Lipinski definition) is 7. The highest BCUT2D eigenvalue weighted by molar-refractivity contribution is 6.41. The first-order chi connectivity index (χ1) is 20.4. The third-order valence-electron chi connectivity index (χ3n) is 7.69. The SMILES string of the molecule is C=CC(=O)NC1CC(c2ccccc2)CCC1Nc1ncc2cc(-c3c(Cl)c(OC)cc(OC)c3Cl)c(OC)cc2n1. The molecular weight excluding hydrogens is 575 g/mol. The molecule has 42 heavy (non-hydrogen) atoms. The molecule has 3 atom stereocenters. The van der Waals surface area contributed by atoms with Crippen molar-refractivity contribution in [2.24, 2.45) is 0 Å². The molecule has 218 valence electrons. The summed E-state index contributed by atoms with van der Waals surface area (Å²) in [5.41, 5.74) is 3.10. The monoisotopic (exact) mass is 606 g/mol. The summed E-state index contributed by atoms with van der Waals surface area (Å²) in [6.45, 7) is 3.62. The molecule has 3 aromatic carbocycles. The molecule has 0 saturated heterocycles. The first kappa shape index (κ1) is 29.5. The average molecular weight is 608 g/mol. The van der Waals surface area contributed by atoms with Crippen LogP contribution in [0.3, 0.4) is 0 Å². The van der Waals surface area contributed by atoms with E-state index in [4.69, 9.17) is 42.4 Å². The number of amides is 1. The number of rotatable bonds is 9. The van der Waals surface area contributed by atoms with E-state index in [0.717, 1.165) is 24.6 Å². The van der Waals surface area contributed by atoms with Gasteiger partial charge in [-0.2, -0.15) is 0 Å². The van der Waals surface area contributed by atoms with Crippen molar-refractivity contribution < 1.29 is 19.0 Å². The Hall–Kier alpha value is -4.01. The van der Waals surface area contributed by atoms with Crippen molar-refractivity contribution in [1.82, 2.24) is 15.3 Å². The molecular formula is C32H32Cl2N4O4. The number of methoxy groups -OCH3 is 3. The summed E-state index contributed by atoms with van der Waals surface area (Å²) in [6.07, 6.45) is 5.63. The number of halogens is 2. The Labute approximate surface area is 255 Å². The van der Waals surface area contributed by atoms with E-state index in [1.54, 1.807) is 19.4 Å². The van der Waals surface area contributed by atoms with Gasteiger partial charge in [-0.05, 0) is 42.9 Å². The van der Waals surface area contributed by atoms with Crippen molar-refractivity contribution in [2.45, 2.75) is 37.3 Å². The molecule has 1 fully saturated rings. The number of carbonyl (C=O) groups excluding carboxylic acids is 1. The van der Waals surface area contributed by atoms with Crippen molar-refractivity contribution in [2.75, 3.05) is 26.6 Å². The molecule has 0 spiro atoms. The van der Waals surface area contributed by atoms with Crippen LogP contribution >= 0.6 is 23.2 Å². The minimum absolute atomic E-state index is 0.0608. The van der Waals surface area contributed by atoms with Crippen LogP contribution in [0, 0.1) is 0 Å². The third-order valence-corrected chi connectivity index (χ3v) is 8.44. The van der Waals surface area contributed by atoms with Gasteiger partial charge in [0.25, 0.3) is 0 Å². The molecule has 2 N–H and O–H groups in total. The number of aromatic nitrogens is 2. The summed E-state index contributed by atoms with van der Waals surface area (Å²) in [5.74, 6) is 1.96. The van der Waals surface area contributed by atoms with Crippen molar-refractivity contribution in [3.63, 3.8) is 0 Å². The van der Waals surface area contributed by atoms with Crippen LogP contribution in [0.25, 0.3) is 22.0 Å². The summed E-state index contributed by atoms with van der Waals surface area (Å²) in [7, 11) is 4.63. The van der Waals surface area contributed by atoms with Crippen LogP contribution in [0.5, 0.6) is 17.2 Å². The first-order valence-electron chi connectivity index (χ1n) is 13.6. The molecule has 1 aliphatic rings. The van der Waals surface area contributed by atoms with E-state index in [1.165, 1.54) is 25.9 Å². The predicted molar refractivity (Wildman–Crippen MR) is 167 cm³/mol. The van der Waals surface area contributed by atoms with Crippen molar-refractivity contribution in [1.29, 1.82) is 0 Å². The number of nitrogens with one attached hydrogen (secondary N) is 2. The van der Waals surface area contributed by atoms with E-state index in [9.17, 15) is 4.79 Å². The lowest BCUT2D eigenvalue weighted by atomic mass is 9.78. The fraction of sp³-hybridized carbons (Fsp3) is 0.281. The van der Waals surface area contributed by atoms with Gasteiger partial charge in [-0.1, -0.05) is 60.1 Å². The molecule has 3 unspecified atom stereocenters. The molecule has 1 aromatic heterocycles. The second-order valence-corrected chi connectivity index (χ2v) is 10.8. The van der Waals surface area contributed by atoms with E-state index in [2.05, 4.69) is 34.3 Å². The van der Waals surface area contributed by atoms with Gasteiger partial charge in [-0.3, -0.25) is 4.79 Å². The Balaban J connectivity index is 1.46. The van der Waals surface area contributed by atoms with Gasteiger partial charge in [-0.25, -0.2) is 9.97 Å². The summed E-state index contributed by atoms with van der Waals surface area (Å²) in [4.78, 5) is 21.7. The third kappa shape index (κ3) is 5.96. The van der Waals surface area contributed by atoms with Crippen LogP contribution in [0.15, 0.2) is 67.4 Å². The molecule has 10 heteroatoms. The molecule has 0 bridgehead atoms. The Morgan fingerprint density at radius 1 is 0.952 bits per heavy atom. The maximum Gasteiger partial charge on any atom is 0.243 e. The molecule has 4 aromatic rings. The van der Waals surface area contributed by atoms with Crippen LogP contribution in [0.1, 0.15) is 30.7 Å². The van der Waals surface area contributed by atoms with E-state index in [-0.39, 0.29) is 18.0 Å². The van der Waals surface area contributed by atoms with E-state index >= 15 is 0 Å². The van der Waals surface area contributed by atoms with Crippen LogP contribution in [-0.4, -0.2) is 49.3 Å². The van der Waals surface area contributed by atoms with Gasteiger partial charge in [-0.15, -0.1) is 0 Å². The summed E-state index contributed by atoms with van der Waals surface area (Å²) < 4.78 is 16.6. The van der Waals surface area contributed by atoms with Crippen LogP contribution in [0.2, 0.25) is 10.0 Å². The predicted octanol–water partition coefficient (Wildman–Crippen LogP) is 7.05. The lowest BCUT2D eigenvalue weighted by Gasteiger charge is -2.37. The number of fused-ring (bicyclic) bond motifs is 1. The Bertz CT molecular complexity index is 1590. The lowest BCUT2D eigenvalue weighted by Crippen LogP contribution is -2.49. The molecule has 0 aliphatic heterocycles. The molecule has 1 amide bonds. The van der Waals surface area contributed by atoms with Crippen LogP contribution in [0.4, 0.5) is 5.95 Å². The second-order valence-electron chi connectivity index (χ2n) is 10.1. The average Bonchev–Trinajstić information content (AvgIpc) is 3.02. The van der Waals surface area contributed by atoms with Crippen LogP contribution in [-0.2, 0) is 4.79 Å². The fourth-order valence-corrected chi connectivity index (χ4v) is 6.26. The molecule has 1 saturated carbocycles. The zero-order valence-electron chi connectivity index (χ0n) is 23.6. The second kappa shape index (κ2) is 12.9. The van der Waals surface area contributed by atoms with Gasteiger partial charge in [0.05, 0.1) is 36.9 Å². The first-order valence-corrected chi connectivity index (χ1v) is 14.3. The minimum Gasteiger partial charge on any atom is -0.496 e. The highest BCUT2D eigenvalue weighted by Crippen LogP contribution is 2.49. The normalized spacial score (nSPS) is 18.3. The number of carbonyl (C=O) groups is 1. The maximum absolute atomic E-state index is 12.3. The quantitative estimate of drug-likeness (QED) is 0.197. The zero-order valence-corrected chi connectivity index (χ0v) is 25.1. The van der Waals surface area contributed by atoms with Crippen molar-refractivity contribution in [3.8, 4) is 28.4 Å². The molecule has 0 radical (unpaired) electrons. The summed E-state index contributed by atoms with van der Waals surface area (Å²) in [6, 6.07) is 15.5. The Kier molecular flexibility index (Phi) is 9.04. The van der Waals surface area contributed by atoms with Gasteiger partial charge in [0, 0.05) is 46.9 Å². The van der Waals surface area contributed by atoms with E-state index in [0.29, 0.717) is 55.8 Å². The Morgan fingerprint density at radius 3 is 2.29 bits per heavy atom. The number of anilines is 1. The number of ether oxygens (including phenoxy) is 3. The van der Waals surface area contributed by atoms with Crippen molar-refractivity contribution in [3.05, 3.63) is 83.0 Å². The summed E-state index contributed by atoms with van der Waals surface area (Å²) >= 11 is 13.4. The van der Waals surface area contributed by atoms with Gasteiger partial charge < -0.3 is 24.8 Å². The van der Waals surface area contributed by atoms with E-state index < -0.39 is 0 Å². The number of nitrogens with zero attached hydrogens (tertiary/aromatic N) is 2. The fourth-order valence-electron chi connectivity index (χ4n) is 5.55.